The quantitative estimate of drug-likeness (QED) is 0.656. The number of thioether (sulfide) groups is 1. The average molecular weight is 311 g/mol. The zero-order valence-corrected chi connectivity index (χ0v) is 12.4. The van der Waals surface area contributed by atoms with E-state index in [1.807, 2.05) is 7.05 Å². The maximum atomic E-state index is 12.2. The van der Waals surface area contributed by atoms with E-state index in [-0.39, 0.29) is 12.3 Å². The van der Waals surface area contributed by atoms with Gasteiger partial charge < -0.3 is 9.67 Å². The Hall–Kier alpha value is -1.67. The Balaban J connectivity index is 2.07. The zero-order chi connectivity index (χ0) is 14.7. The maximum absolute atomic E-state index is 12.2. The van der Waals surface area contributed by atoms with Crippen LogP contribution < -0.4 is 0 Å². The predicted molar refractivity (Wildman–Crippen MR) is 80.0 cm³/mol. The van der Waals surface area contributed by atoms with Gasteiger partial charge in [0.1, 0.15) is 4.32 Å². The molecule has 2 heterocycles. The van der Waals surface area contributed by atoms with E-state index in [9.17, 15) is 9.59 Å². The summed E-state index contributed by atoms with van der Waals surface area (Å²) in [5.41, 5.74) is 0.816. The lowest BCUT2D eigenvalue weighted by atomic mass is 10.3. The van der Waals surface area contributed by atoms with Crippen molar-refractivity contribution in [1.29, 1.82) is 0 Å². The van der Waals surface area contributed by atoms with Gasteiger partial charge in [0.2, 0.25) is 0 Å². The van der Waals surface area contributed by atoms with Gasteiger partial charge in [0, 0.05) is 20.0 Å². The van der Waals surface area contributed by atoms with Gasteiger partial charge >= 0.3 is 5.97 Å². The third-order valence-corrected chi connectivity index (χ3v) is 4.16. The average Bonchev–Trinajstić information content (AvgIpc) is 2.88. The van der Waals surface area contributed by atoms with Crippen molar-refractivity contribution in [2.75, 3.05) is 6.54 Å². The van der Waals surface area contributed by atoms with Crippen molar-refractivity contribution in [2.45, 2.75) is 12.8 Å². The molecule has 1 aliphatic rings. The number of aryl methyl sites for hydroxylation is 1. The summed E-state index contributed by atoms with van der Waals surface area (Å²) < 4.78 is 2.27. The molecule has 1 N–H and O–H groups in total. The number of aromatic nitrogens is 2. The summed E-state index contributed by atoms with van der Waals surface area (Å²) >= 11 is 6.39. The summed E-state index contributed by atoms with van der Waals surface area (Å²) in [6.07, 6.45) is 5.47. The van der Waals surface area contributed by atoms with Crippen LogP contribution in [0.15, 0.2) is 17.4 Å². The second-order valence-electron chi connectivity index (χ2n) is 4.26. The van der Waals surface area contributed by atoms with Crippen molar-refractivity contribution in [1.82, 2.24) is 14.5 Å². The standard InChI is InChI=1S/C12H13N3O3S2/c1-14-7-13-6-8(14)5-9-11(18)15(12(19)20-9)4-2-3-10(16)17/h5-7H,2-4H2,1H3,(H,16,17)/b9-5-. The number of amides is 1. The van der Waals surface area contributed by atoms with Gasteiger partial charge in [-0.05, 0) is 12.5 Å². The summed E-state index contributed by atoms with van der Waals surface area (Å²) in [5.74, 6) is -1.05. The van der Waals surface area contributed by atoms with Crippen LogP contribution in [0, 0.1) is 0 Å². The molecule has 0 spiro atoms. The third kappa shape index (κ3) is 3.26. The van der Waals surface area contributed by atoms with Gasteiger partial charge in [-0.3, -0.25) is 14.5 Å². The van der Waals surface area contributed by atoms with Crippen molar-refractivity contribution < 1.29 is 14.7 Å². The second-order valence-corrected chi connectivity index (χ2v) is 5.94. The second kappa shape index (κ2) is 6.19. The number of carboxylic acids is 1. The highest BCUT2D eigenvalue weighted by Crippen LogP contribution is 2.32. The summed E-state index contributed by atoms with van der Waals surface area (Å²) in [7, 11) is 1.84. The first kappa shape index (κ1) is 14.7. The molecule has 1 saturated heterocycles. The number of hydrogen-bond acceptors (Lipinski definition) is 5. The van der Waals surface area contributed by atoms with E-state index >= 15 is 0 Å². The summed E-state index contributed by atoms with van der Waals surface area (Å²) in [6, 6.07) is 0. The highest BCUT2D eigenvalue weighted by molar-refractivity contribution is 8.26. The lowest BCUT2D eigenvalue weighted by Gasteiger charge is -2.13. The van der Waals surface area contributed by atoms with Gasteiger partial charge in [-0.15, -0.1) is 0 Å². The number of carbonyl (C=O) groups is 2. The van der Waals surface area contributed by atoms with Crippen LogP contribution in [0.3, 0.4) is 0 Å². The van der Waals surface area contributed by atoms with E-state index in [0.717, 1.165) is 5.69 Å². The van der Waals surface area contributed by atoms with Crippen molar-refractivity contribution in [3.8, 4) is 0 Å². The lowest BCUT2D eigenvalue weighted by Crippen LogP contribution is -2.29. The van der Waals surface area contributed by atoms with E-state index in [2.05, 4.69) is 4.98 Å². The van der Waals surface area contributed by atoms with Crippen LogP contribution in [0.1, 0.15) is 18.5 Å². The van der Waals surface area contributed by atoms with Gasteiger partial charge in [0.05, 0.1) is 23.1 Å². The number of hydrogen-bond donors (Lipinski definition) is 1. The van der Waals surface area contributed by atoms with Gasteiger partial charge in [0.15, 0.2) is 0 Å². The van der Waals surface area contributed by atoms with Crippen molar-refractivity contribution >= 4 is 46.3 Å². The third-order valence-electron chi connectivity index (χ3n) is 2.78. The summed E-state index contributed by atoms with van der Waals surface area (Å²) in [6.45, 7) is 0.333. The van der Waals surface area contributed by atoms with Crippen molar-refractivity contribution in [3.63, 3.8) is 0 Å². The van der Waals surface area contributed by atoms with Crippen LogP contribution in [0.4, 0.5) is 0 Å². The molecule has 2 rings (SSSR count). The number of nitrogens with zero attached hydrogens (tertiary/aromatic N) is 3. The fraction of sp³-hybridized carbons (Fsp3) is 0.333. The van der Waals surface area contributed by atoms with E-state index in [0.29, 0.717) is 22.2 Å². The monoisotopic (exact) mass is 311 g/mol. The smallest absolute Gasteiger partial charge is 0.303 e. The van der Waals surface area contributed by atoms with Gasteiger partial charge in [-0.1, -0.05) is 24.0 Å². The SMILES string of the molecule is Cn1cncc1/C=C1\SC(=S)N(CCCC(=O)O)C1=O. The van der Waals surface area contributed by atoms with E-state index in [1.165, 1.54) is 16.7 Å². The minimum atomic E-state index is -0.874. The van der Waals surface area contributed by atoms with Crippen LogP contribution in [0.2, 0.25) is 0 Å². The molecule has 1 fully saturated rings. The van der Waals surface area contributed by atoms with Crippen molar-refractivity contribution in [3.05, 3.63) is 23.1 Å². The molecule has 0 aromatic carbocycles. The Labute approximate surface area is 125 Å². The highest BCUT2D eigenvalue weighted by Gasteiger charge is 2.31. The number of carboxylic acid groups (broad SMARTS) is 1. The summed E-state index contributed by atoms with van der Waals surface area (Å²) in [4.78, 5) is 28.7. The number of carbonyl (C=O) groups excluding carboxylic acids is 1. The first-order valence-electron chi connectivity index (χ1n) is 5.92. The van der Waals surface area contributed by atoms with Crippen LogP contribution in [0.5, 0.6) is 0 Å². The lowest BCUT2D eigenvalue weighted by molar-refractivity contribution is -0.137. The molecule has 1 amide bonds. The molecule has 0 bridgehead atoms. The Morgan fingerprint density at radius 2 is 2.35 bits per heavy atom. The van der Waals surface area contributed by atoms with E-state index in [1.54, 1.807) is 23.2 Å². The number of aliphatic carboxylic acids is 1. The molecule has 0 unspecified atom stereocenters. The van der Waals surface area contributed by atoms with Crippen LogP contribution in [-0.4, -0.2) is 42.3 Å². The molecule has 0 saturated carbocycles. The predicted octanol–water partition coefficient (Wildman–Crippen LogP) is 1.49. The topological polar surface area (TPSA) is 75.4 Å². The van der Waals surface area contributed by atoms with Crippen LogP contribution in [0.25, 0.3) is 6.08 Å². The Morgan fingerprint density at radius 3 is 2.95 bits per heavy atom. The largest absolute Gasteiger partial charge is 0.481 e. The minimum absolute atomic E-state index is 0.0256. The van der Waals surface area contributed by atoms with Crippen LogP contribution >= 0.6 is 24.0 Å². The van der Waals surface area contributed by atoms with Crippen molar-refractivity contribution in [2.24, 2.45) is 7.05 Å². The first-order chi connectivity index (χ1) is 9.49. The molecule has 20 heavy (non-hydrogen) atoms. The molecule has 0 radical (unpaired) electrons. The molecule has 1 aromatic rings. The zero-order valence-electron chi connectivity index (χ0n) is 10.8. The van der Waals surface area contributed by atoms with Gasteiger partial charge in [-0.25, -0.2) is 4.98 Å². The van der Waals surface area contributed by atoms with Gasteiger partial charge in [0.25, 0.3) is 5.91 Å². The molecular formula is C12H13N3O3S2. The minimum Gasteiger partial charge on any atom is -0.481 e. The maximum Gasteiger partial charge on any atom is 0.303 e. The Bertz CT molecular complexity index is 595. The number of rotatable bonds is 5. The fourth-order valence-corrected chi connectivity index (χ4v) is 3.02. The first-order valence-corrected chi connectivity index (χ1v) is 7.15. The number of imidazole rings is 1. The molecule has 106 valence electrons. The molecule has 8 heteroatoms. The van der Waals surface area contributed by atoms with Gasteiger partial charge in [-0.2, -0.15) is 0 Å². The fourth-order valence-electron chi connectivity index (χ4n) is 1.72. The Morgan fingerprint density at radius 1 is 1.60 bits per heavy atom. The normalized spacial score (nSPS) is 17.2. The highest BCUT2D eigenvalue weighted by atomic mass is 32.2. The number of thiocarbonyl (C=S) groups is 1. The molecular weight excluding hydrogens is 298 g/mol. The Kier molecular flexibility index (Phi) is 4.56. The molecule has 1 aromatic heterocycles. The molecule has 0 aliphatic carbocycles. The van der Waals surface area contributed by atoms with E-state index < -0.39 is 5.97 Å². The summed E-state index contributed by atoms with van der Waals surface area (Å²) in [5, 5.41) is 8.61. The van der Waals surface area contributed by atoms with Crippen LogP contribution in [-0.2, 0) is 16.6 Å². The molecule has 0 atom stereocenters. The van der Waals surface area contributed by atoms with E-state index in [4.69, 9.17) is 17.3 Å². The molecule has 1 aliphatic heterocycles. The molecule has 6 nitrogen and oxygen atoms in total.